The van der Waals surface area contributed by atoms with Crippen LogP contribution in [0, 0.1) is 0 Å². The predicted octanol–water partition coefficient (Wildman–Crippen LogP) is 2.33. The number of nitrogens with one attached hydrogen (secondary N) is 1. The quantitative estimate of drug-likeness (QED) is 0.531. The summed E-state index contributed by atoms with van der Waals surface area (Å²) in [6.45, 7) is 4.66. The standard InChI is InChI=1S/C13H21N3OS/c1-2-3-8-17-9-4-7-15-12-6-5-11(10-16-12)13(14)18/h5-6,10H,2-4,7-9H2,1H3,(H2,14,18)(H,15,16). The molecule has 3 N–H and O–H groups in total. The average molecular weight is 267 g/mol. The summed E-state index contributed by atoms with van der Waals surface area (Å²) in [5.74, 6) is 0.837. The van der Waals surface area contributed by atoms with Gasteiger partial charge in [0.1, 0.15) is 10.8 Å². The molecular formula is C13H21N3OS. The zero-order valence-corrected chi connectivity index (χ0v) is 11.6. The molecule has 0 atom stereocenters. The Morgan fingerprint density at radius 1 is 1.39 bits per heavy atom. The number of hydrogen-bond acceptors (Lipinski definition) is 4. The molecular weight excluding hydrogens is 246 g/mol. The van der Waals surface area contributed by atoms with Gasteiger partial charge in [-0.05, 0) is 25.0 Å². The lowest BCUT2D eigenvalue weighted by Crippen LogP contribution is -2.11. The van der Waals surface area contributed by atoms with Crippen molar-refractivity contribution in [3.63, 3.8) is 0 Å². The van der Waals surface area contributed by atoms with E-state index >= 15 is 0 Å². The van der Waals surface area contributed by atoms with E-state index in [0.717, 1.165) is 44.0 Å². The number of hydrogen-bond donors (Lipinski definition) is 2. The van der Waals surface area contributed by atoms with Crippen molar-refractivity contribution in [2.24, 2.45) is 5.73 Å². The molecule has 0 spiro atoms. The first-order chi connectivity index (χ1) is 8.74. The van der Waals surface area contributed by atoms with Crippen molar-refractivity contribution in [2.75, 3.05) is 25.1 Å². The number of nitrogens with two attached hydrogens (primary N) is 1. The predicted molar refractivity (Wildman–Crippen MR) is 79.0 cm³/mol. The second-order valence-corrected chi connectivity index (χ2v) is 4.48. The van der Waals surface area contributed by atoms with Crippen LogP contribution in [0.15, 0.2) is 18.3 Å². The maximum Gasteiger partial charge on any atom is 0.125 e. The number of aromatic nitrogens is 1. The van der Waals surface area contributed by atoms with Gasteiger partial charge >= 0.3 is 0 Å². The summed E-state index contributed by atoms with van der Waals surface area (Å²) >= 11 is 4.86. The van der Waals surface area contributed by atoms with Crippen LogP contribution >= 0.6 is 12.2 Å². The normalized spacial score (nSPS) is 10.3. The van der Waals surface area contributed by atoms with E-state index in [4.69, 9.17) is 22.7 Å². The molecule has 0 aliphatic heterocycles. The average Bonchev–Trinajstić information content (AvgIpc) is 2.38. The summed E-state index contributed by atoms with van der Waals surface area (Å²) in [6, 6.07) is 3.75. The number of nitrogens with zero attached hydrogens (tertiary/aromatic N) is 1. The summed E-state index contributed by atoms with van der Waals surface area (Å²) < 4.78 is 5.47. The SMILES string of the molecule is CCCCOCCCNc1ccc(C(N)=S)cn1. The van der Waals surface area contributed by atoms with Gasteiger partial charge in [-0.3, -0.25) is 0 Å². The number of pyridine rings is 1. The third-order valence-electron chi connectivity index (χ3n) is 2.46. The van der Waals surface area contributed by atoms with Gasteiger partial charge in [-0.2, -0.15) is 0 Å². The maximum absolute atomic E-state index is 5.50. The van der Waals surface area contributed by atoms with E-state index in [0.29, 0.717) is 4.99 Å². The minimum atomic E-state index is 0.373. The Morgan fingerprint density at radius 3 is 2.78 bits per heavy atom. The summed E-state index contributed by atoms with van der Waals surface area (Å²) in [6.07, 6.45) is 4.97. The molecule has 1 heterocycles. The van der Waals surface area contributed by atoms with Gasteiger partial charge in [0.05, 0.1) is 0 Å². The maximum atomic E-state index is 5.50. The van der Waals surface area contributed by atoms with Crippen molar-refractivity contribution in [1.29, 1.82) is 0 Å². The fraction of sp³-hybridized carbons (Fsp3) is 0.538. The third kappa shape index (κ3) is 5.93. The highest BCUT2D eigenvalue weighted by atomic mass is 32.1. The van der Waals surface area contributed by atoms with Crippen LogP contribution in [0.5, 0.6) is 0 Å². The highest BCUT2D eigenvalue weighted by molar-refractivity contribution is 7.80. The lowest BCUT2D eigenvalue weighted by atomic mass is 10.3. The molecule has 0 fully saturated rings. The Balaban J connectivity index is 2.14. The molecule has 1 aromatic heterocycles. The number of ether oxygens (including phenoxy) is 1. The molecule has 0 aliphatic rings. The van der Waals surface area contributed by atoms with Crippen molar-refractivity contribution in [3.8, 4) is 0 Å². The lowest BCUT2D eigenvalue weighted by Gasteiger charge is -2.06. The topological polar surface area (TPSA) is 60.2 Å². The van der Waals surface area contributed by atoms with Gasteiger partial charge in [-0.1, -0.05) is 25.6 Å². The molecule has 0 aromatic carbocycles. The molecule has 1 aromatic rings. The number of rotatable bonds is 9. The van der Waals surface area contributed by atoms with Gasteiger partial charge in [0.25, 0.3) is 0 Å². The second-order valence-electron chi connectivity index (χ2n) is 4.04. The van der Waals surface area contributed by atoms with Gasteiger partial charge in [-0.25, -0.2) is 4.98 Å². The van der Waals surface area contributed by atoms with Gasteiger partial charge in [0.2, 0.25) is 0 Å². The fourth-order valence-electron chi connectivity index (χ4n) is 1.38. The highest BCUT2D eigenvalue weighted by Gasteiger charge is 1.97. The molecule has 0 saturated heterocycles. The van der Waals surface area contributed by atoms with Crippen molar-refractivity contribution < 1.29 is 4.74 Å². The van der Waals surface area contributed by atoms with Crippen LogP contribution in [-0.4, -0.2) is 29.7 Å². The zero-order chi connectivity index (χ0) is 13.2. The molecule has 0 aliphatic carbocycles. The number of anilines is 1. The van der Waals surface area contributed by atoms with E-state index in [1.807, 2.05) is 12.1 Å². The largest absolute Gasteiger partial charge is 0.389 e. The van der Waals surface area contributed by atoms with E-state index in [-0.39, 0.29) is 0 Å². The first-order valence-corrected chi connectivity index (χ1v) is 6.72. The Labute approximate surface area is 114 Å². The van der Waals surface area contributed by atoms with Crippen LogP contribution in [-0.2, 0) is 4.74 Å². The minimum Gasteiger partial charge on any atom is -0.389 e. The smallest absolute Gasteiger partial charge is 0.125 e. The summed E-state index contributed by atoms with van der Waals surface area (Å²) in [5.41, 5.74) is 6.29. The molecule has 1 rings (SSSR count). The summed E-state index contributed by atoms with van der Waals surface area (Å²) in [4.78, 5) is 4.60. The Kier molecular flexibility index (Phi) is 7.29. The summed E-state index contributed by atoms with van der Waals surface area (Å²) in [5, 5.41) is 3.23. The molecule has 0 radical (unpaired) electrons. The molecule has 5 heteroatoms. The fourth-order valence-corrected chi connectivity index (χ4v) is 1.50. The highest BCUT2D eigenvalue weighted by Crippen LogP contribution is 2.04. The van der Waals surface area contributed by atoms with Crippen molar-refractivity contribution in [1.82, 2.24) is 4.98 Å². The van der Waals surface area contributed by atoms with Gasteiger partial charge in [-0.15, -0.1) is 0 Å². The van der Waals surface area contributed by atoms with Crippen molar-refractivity contribution in [3.05, 3.63) is 23.9 Å². The van der Waals surface area contributed by atoms with Crippen LogP contribution in [0.4, 0.5) is 5.82 Å². The first kappa shape index (κ1) is 14.9. The molecule has 0 amide bonds. The zero-order valence-electron chi connectivity index (χ0n) is 10.8. The third-order valence-corrected chi connectivity index (χ3v) is 2.70. The molecule has 0 bridgehead atoms. The number of thiocarbonyl (C=S) groups is 1. The van der Waals surface area contributed by atoms with Gasteiger partial charge in [0.15, 0.2) is 0 Å². The van der Waals surface area contributed by atoms with E-state index in [2.05, 4.69) is 17.2 Å². The van der Waals surface area contributed by atoms with Crippen LogP contribution < -0.4 is 11.1 Å². The first-order valence-electron chi connectivity index (χ1n) is 6.31. The summed E-state index contributed by atoms with van der Waals surface area (Å²) in [7, 11) is 0. The molecule has 4 nitrogen and oxygen atoms in total. The molecule has 0 saturated carbocycles. The van der Waals surface area contributed by atoms with Crippen molar-refractivity contribution in [2.45, 2.75) is 26.2 Å². The van der Waals surface area contributed by atoms with Crippen LogP contribution in [0.3, 0.4) is 0 Å². The molecule has 100 valence electrons. The molecule has 0 unspecified atom stereocenters. The van der Waals surface area contributed by atoms with Gasteiger partial charge < -0.3 is 15.8 Å². The van der Waals surface area contributed by atoms with Crippen LogP contribution in [0.2, 0.25) is 0 Å². The Bertz CT molecular complexity index is 354. The van der Waals surface area contributed by atoms with Crippen LogP contribution in [0.25, 0.3) is 0 Å². The number of unbranched alkanes of at least 4 members (excludes halogenated alkanes) is 1. The lowest BCUT2D eigenvalue weighted by molar-refractivity contribution is 0.131. The Morgan fingerprint density at radius 2 is 2.17 bits per heavy atom. The second kappa shape index (κ2) is 8.83. The van der Waals surface area contributed by atoms with E-state index in [9.17, 15) is 0 Å². The van der Waals surface area contributed by atoms with E-state index in [1.165, 1.54) is 6.42 Å². The Hall–Kier alpha value is -1.20. The van der Waals surface area contributed by atoms with E-state index in [1.54, 1.807) is 6.20 Å². The van der Waals surface area contributed by atoms with Crippen molar-refractivity contribution >= 4 is 23.0 Å². The minimum absolute atomic E-state index is 0.373. The molecule has 18 heavy (non-hydrogen) atoms. The van der Waals surface area contributed by atoms with E-state index < -0.39 is 0 Å². The van der Waals surface area contributed by atoms with Gasteiger partial charge in [0, 0.05) is 31.5 Å². The monoisotopic (exact) mass is 267 g/mol. The van der Waals surface area contributed by atoms with Crippen LogP contribution in [0.1, 0.15) is 31.7 Å².